The summed E-state index contributed by atoms with van der Waals surface area (Å²) in [7, 11) is 1.58. The van der Waals surface area contributed by atoms with Crippen LogP contribution in [0, 0.1) is 21.4 Å². The number of aromatic nitrogens is 1. The van der Waals surface area contributed by atoms with Gasteiger partial charge in [0.1, 0.15) is 11.8 Å². The first-order valence-corrected chi connectivity index (χ1v) is 8.57. The van der Waals surface area contributed by atoms with E-state index >= 15 is 0 Å². The zero-order valence-corrected chi connectivity index (χ0v) is 14.9. The number of anilines is 1. The van der Waals surface area contributed by atoms with Crippen LogP contribution < -0.4 is 10.2 Å². The highest BCUT2D eigenvalue weighted by atomic mass is 32.1. The Labute approximate surface area is 158 Å². The van der Waals surface area contributed by atoms with Crippen LogP contribution in [-0.4, -0.2) is 22.7 Å². The molecule has 0 atom stereocenters. The molecular formula is C18H13N5O3S. The standard InChI is InChI=1S/C18H13N5O3S/c1-26-15-7-5-13(6-8-15)21-22-16(10-19)18-20-17(11-27-18)12-3-2-4-14(9-12)23(24)25/h2-9,11,21H,1H3/b22-16-. The quantitative estimate of drug-likeness (QED) is 0.392. The van der Waals surface area contributed by atoms with E-state index < -0.39 is 4.92 Å². The molecular weight excluding hydrogens is 366 g/mol. The lowest BCUT2D eigenvalue weighted by atomic mass is 10.1. The van der Waals surface area contributed by atoms with Crippen LogP contribution >= 0.6 is 11.3 Å². The number of hydrogen-bond donors (Lipinski definition) is 1. The van der Waals surface area contributed by atoms with Crippen molar-refractivity contribution in [3.05, 3.63) is 69.0 Å². The number of hydrogen-bond acceptors (Lipinski definition) is 8. The molecule has 0 fully saturated rings. The van der Waals surface area contributed by atoms with E-state index in [0.29, 0.717) is 27.7 Å². The van der Waals surface area contributed by atoms with E-state index in [2.05, 4.69) is 15.5 Å². The number of rotatable bonds is 6. The van der Waals surface area contributed by atoms with Crippen molar-refractivity contribution in [2.75, 3.05) is 12.5 Å². The molecule has 27 heavy (non-hydrogen) atoms. The zero-order chi connectivity index (χ0) is 19.2. The van der Waals surface area contributed by atoms with Gasteiger partial charge in [0, 0.05) is 23.1 Å². The molecule has 0 aliphatic rings. The third kappa shape index (κ3) is 4.26. The van der Waals surface area contributed by atoms with E-state index in [-0.39, 0.29) is 11.4 Å². The van der Waals surface area contributed by atoms with Crippen molar-refractivity contribution < 1.29 is 9.66 Å². The van der Waals surface area contributed by atoms with Gasteiger partial charge in [0.2, 0.25) is 0 Å². The molecule has 1 aromatic heterocycles. The number of hydrazone groups is 1. The molecule has 8 nitrogen and oxygen atoms in total. The molecule has 3 aromatic rings. The lowest BCUT2D eigenvalue weighted by Crippen LogP contribution is -2.01. The Hall–Kier alpha value is -3.77. The van der Waals surface area contributed by atoms with Gasteiger partial charge in [0.05, 0.1) is 23.4 Å². The molecule has 134 valence electrons. The predicted octanol–water partition coefficient (Wildman–Crippen LogP) is 4.07. The lowest BCUT2D eigenvalue weighted by molar-refractivity contribution is -0.384. The van der Waals surface area contributed by atoms with Crippen molar-refractivity contribution in [2.24, 2.45) is 5.10 Å². The second kappa shape index (κ2) is 8.07. The molecule has 0 aliphatic carbocycles. The van der Waals surface area contributed by atoms with E-state index in [4.69, 9.17) is 4.74 Å². The summed E-state index contributed by atoms with van der Waals surface area (Å²) in [5, 5.41) is 26.5. The van der Waals surface area contributed by atoms with Crippen LogP contribution in [0.2, 0.25) is 0 Å². The van der Waals surface area contributed by atoms with E-state index in [9.17, 15) is 15.4 Å². The van der Waals surface area contributed by atoms with E-state index in [0.717, 1.165) is 0 Å². The average Bonchev–Trinajstić information content (AvgIpc) is 3.19. The molecule has 3 rings (SSSR count). The van der Waals surface area contributed by atoms with Crippen molar-refractivity contribution in [3.63, 3.8) is 0 Å². The predicted molar refractivity (Wildman–Crippen MR) is 103 cm³/mol. The fraction of sp³-hybridized carbons (Fsp3) is 0.0556. The van der Waals surface area contributed by atoms with Gasteiger partial charge in [-0.15, -0.1) is 11.3 Å². The van der Waals surface area contributed by atoms with Gasteiger partial charge >= 0.3 is 0 Å². The first-order chi connectivity index (χ1) is 13.1. The van der Waals surface area contributed by atoms with Gasteiger partial charge in [-0.3, -0.25) is 15.5 Å². The highest BCUT2D eigenvalue weighted by Gasteiger charge is 2.13. The SMILES string of the molecule is COc1ccc(N/N=C(/C#N)c2nc(-c3cccc([N+](=O)[O-])c3)cs2)cc1. The average molecular weight is 379 g/mol. The van der Waals surface area contributed by atoms with Gasteiger partial charge in [-0.1, -0.05) is 12.1 Å². The fourth-order valence-electron chi connectivity index (χ4n) is 2.20. The van der Waals surface area contributed by atoms with Crippen LogP contribution in [0.4, 0.5) is 11.4 Å². The minimum Gasteiger partial charge on any atom is -0.497 e. The van der Waals surface area contributed by atoms with E-state index in [1.165, 1.54) is 23.5 Å². The first kappa shape index (κ1) is 18.0. The topological polar surface area (TPSA) is 113 Å². The number of non-ortho nitro benzene ring substituents is 1. The van der Waals surface area contributed by atoms with Crippen molar-refractivity contribution >= 4 is 28.4 Å². The zero-order valence-electron chi connectivity index (χ0n) is 14.1. The number of nitro groups is 1. The Balaban J connectivity index is 1.81. The number of ether oxygens (including phenoxy) is 1. The molecule has 2 aromatic carbocycles. The molecule has 0 amide bonds. The second-order valence-electron chi connectivity index (χ2n) is 5.26. The summed E-state index contributed by atoms with van der Waals surface area (Å²) in [5.74, 6) is 0.714. The Bertz CT molecular complexity index is 1040. The minimum absolute atomic E-state index is 0.0163. The minimum atomic E-state index is -0.461. The van der Waals surface area contributed by atoms with Gasteiger partial charge in [0.25, 0.3) is 5.69 Å². The first-order valence-electron chi connectivity index (χ1n) is 7.69. The van der Waals surface area contributed by atoms with Gasteiger partial charge < -0.3 is 4.74 Å². The van der Waals surface area contributed by atoms with Crippen molar-refractivity contribution in [2.45, 2.75) is 0 Å². The maximum atomic E-state index is 10.9. The molecule has 0 unspecified atom stereocenters. The summed E-state index contributed by atoms with van der Waals surface area (Å²) in [4.78, 5) is 14.8. The third-order valence-corrected chi connectivity index (χ3v) is 4.40. The van der Waals surface area contributed by atoms with E-state index in [1.54, 1.807) is 48.9 Å². The summed E-state index contributed by atoms with van der Waals surface area (Å²) < 4.78 is 5.09. The summed E-state index contributed by atoms with van der Waals surface area (Å²) >= 11 is 1.24. The largest absolute Gasteiger partial charge is 0.497 e. The maximum absolute atomic E-state index is 10.9. The number of nitro benzene ring substituents is 1. The molecule has 0 radical (unpaired) electrons. The molecule has 0 aliphatic heterocycles. The number of nitrogens with one attached hydrogen (secondary N) is 1. The van der Waals surface area contributed by atoms with Gasteiger partial charge in [-0.25, -0.2) is 4.98 Å². The number of nitriles is 1. The van der Waals surface area contributed by atoms with Crippen LogP contribution in [0.25, 0.3) is 11.3 Å². The van der Waals surface area contributed by atoms with Crippen LogP contribution in [0.3, 0.4) is 0 Å². The molecule has 1 N–H and O–H groups in total. The molecule has 0 bridgehead atoms. The molecule has 0 saturated heterocycles. The Morgan fingerprint density at radius 3 is 2.78 bits per heavy atom. The van der Waals surface area contributed by atoms with Gasteiger partial charge in [-0.2, -0.15) is 10.4 Å². The number of thiazole rings is 1. The Morgan fingerprint density at radius 2 is 2.11 bits per heavy atom. The molecule has 9 heteroatoms. The molecule has 1 heterocycles. The Morgan fingerprint density at radius 1 is 1.33 bits per heavy atom. The van der Waals surface area contributed by atoms with Crippen molar-refractivity contribution in [3.8, 4) is 23.1 Å². The van der Waals surface area contributed by atoms with Crippen LogP contribution in [0.15, 0.2) is 59.0 Å². The summed E-state index contributed by atoms with van der Waals surface area (Å²) in [6.45, 7) is 0. The maximum Gasteiger partial charge on any atom is 0.270 e. The van der Waals surface area contributed by atoms with Gasteiger partial charge in [0.15, 0.2) is 10.7 Å². The van der Waals surface area contributed by atoms with E-state index in [1.807, 2.05) is 6.07 Å². The number of nitrogens with zero attached hydrogens (tertiary/aromatic N) is 4. The lowest BCUT2D eigenvalue weighted by Gasteiger charge is -2.02. The number of methoxy groups -OCH3 is 1. The smallest absolute Gasteiger partial charge is 0.270 e. The van der Waals surface area contributed by atoms with Gasteiger partial charge in [-0.05, 0) is 24.3 Å². The molecule has 0 saturated carbocycles. The second-order valence-corrected chi connectivity index (χ2v) is 6.12. The van der Waals surface area contributed by atoms with Crippen LogP contribution in [0.5, 0.6) is 5.75 Å². The van der Waals surface area contributed by atoms with Crippen molar-refractivity contribution in [1.82, 2.24) is 4.98 Å². The fourth-order valence-corrected chi connectivity index (χ4v) is 2.97. The molecule has 0 spiro atoms. The Kier molecular flexibility index (Phi) is 5.39. The summed E-state index contributed by atoms with van der Waals surface area (Å²) in [6, 6.07) is 15.3. The normalized spacial score (nSPS) is 10.9. The summed E-state index contributed by atoms with van der Waals surface area (Å²) in [5.41, 5.74) is 4.75. The van der Waals surface area contributed by atoms with Crippen LogP contribution in [-0.2, 0) is 0 Å². The highest BCUT2D eigenvalue weighted by molar-refractivity contribution is 7.12. The third-order valence-electron chi connectivity index (χ3n) is 3.55. The van der Waals surface area contributed by atoms with Crippen LogP contribution in [0.1, 0.15) is 5.01 Å². The number of benzene rings is 2. The monoisotopic (exact) mass is 379 g/mol. The van der Waals surface area contributed by atoms with Crippen molar-refractivity contribution in [1.29, 1.82) is 5.26 Å². The highest BCUT2D eigenvalue weighted by Crippen LogP contribution is 2.25. The summed E-state index contributed by atoms with van der Waals surface area (Å²) in [6.07, 6.45) is 0.